The molecule has 3 heteroatoms. The molecule has 0 aliphatic carbocycles. The average molecular weight is 149 g/mol. The van der Waals surface area contributed by atoms with Gasteiger partial charge in [0.05, 0.1) is 0 Å². The van der Waals surface area contributed by atoms with Crippen molar-refractivity contribution in [2.75, 3.05) is 0 Å². The van der Waals surface area contributed by atoms with Crippen LogP contribution in [-0.4, -0.2) is 9.97 Å². The molecule has 0 aromatic carbocycles. The summed E-state index contributed by atoms with van der Waals surface area (Å²) in [7, 11) is 0. The maximum atomic E-state index is 8.29. The van der Waals surface area contributed by atoms with Gasteiger partial charge in [-0.2, -0.15) is 5.26 Å². The Bertz CT molecular complexity index is 250. The van der Waals surface area contributed by atoms with Crippen molar-refractivity contribution in [2.24, 2.45) is 0 Å². The predicted octanol–water partition coefficient (Wildman–Crippen LogP) is 1.68. The van der Waals surface area contributed by atoms with Crippen molar-refractivity contribution >= 4 is 0 Å². The smallest absolute Gasteiger partial charge is 0.228 e. The molecule has 1 aromatic rings. The monoisotopic (exact) mass is 149 g/mol. The summed E-state index contributed by atoms with van der Waals surface area (Å²) < 4.78 is 0. The van der Waals surface area contributed by atoms with Gasteiger partial charge < -0.3 is 0 Å². The summed E-state index contributed by atoms with van der Waals surface area (Å²) in [6.07, 6.45) is 1.57. The fraction of sp³-hybridized carbons (Fsp3) is 0.375. The molecule has 0 radical (unpaired) electrons. The SMILES string of the molecule is CC.Cc1ccnc(C#N)n1. The summed E-state index contributed by atoms with van der Waals surface area (Å²) in [5.41, 5.74) is 0.821. The van der Waals surface area contributed by atoms with Gasteiger partial charge in [-0.05, 0) is 13.0 Å². The van der Waals surface area contributed by atoms with Crippen molar-refractivity contribution in [1.29, 1.82) is 5.26 Å². The molecule has 1 aromatic heterocycles. The van der Waals surface area contributed by atoms with Crippen LogP contribution in [0.5, 0.6) is 0 Å². The van der Waals surface area contributed by atoms with Gasteiger partial charge in [-0.1, -0.05) is 13.8 Å². The first kappa shape index (κ1) is 9.57. The lowest BCUT2D eigenvalue weighted by Crippen LogP contribution is -1.88. The van der Waals surface area contributed by atoms with Crippen LogP contribution in [0, 0.1) is 18.3 Å². The molecular weight excluding hydrogens is 138 g/mol. The van der Waals surface area contributed by atoms with Gasteiger partial charge in [-0.25, -0.2) is 9.97 Å². The predicted molar refractivity (Wildman–Crippen MR) is 42.8 cm³/mol. The van der Waals surface area contributed by atoms with E-state index in [1.165, 1.54) is 0 Å². The first-order valence-corrected chi connectivity index (χ1v) is 3.52. The van der Waals surface area contributed by atoms with E-state index in [4.69, 9.17) is 5.26 Å². The number of nitriles is 1. The van der Waals surface area contributed by atoms with Crippen LogP contribution in [0.25, 0.3) is 0 Å². The molecule has 0 aliphatic heterocycles. The lowest BCUT2D eigenvalue weighted by Gasteiger charge is -1.87. The van der Waals surface area contributed by atoms with Gasteiger partial charge in [-0.3, -0.25) is 0 Å². The van der Waals surface area contributed by atoms with Crippen LogP contribution < -0.4 is 0 Å². The number of rotatable bonds is 0. The Morgan fingerprint density at radius 1 is 1.45 bits per heavy atom. The summed E-state index contributed by atoms with van der Waals surface area (Å²) in [6.45, 7) is 5.82. The zero-order chi connectivity index (χ0) is 8.69. The lowest BCUT2D eigenvalue weighted by molar-refractivity contribution is 1.06. The molecule has 0 unspecified atom stereocenters. The van der Waals surface area contributed by atoms with Crippen molar-refractivity contribution in [3.8, 4) is 6.07 Å². The Balaban J connectivity index is 0.000000461. The van der Waals surface area contributed by atoms with Crippen LogP contribution in [0.2, 0.25) is 0 Å². The van der Waals surface area contributed by atoms with Crippen LogP contribution in [0.3, 0.4) is 0 Å². The number of hydrogen-bond acceptors (Lipinski definition) is 3. The Labute approximate surface area is 66.7 Å². The average Bonchev–Trinajstić information content (AvgIpc) is 2.08. The Hall–Kier alpha value is -1.43. The maximum Gasteiger partial charge on any atom is 0.232 e. The Morgan fingerprint density at radius 2 is 2.09 bits per heavy atom. The highest BCUT2D eigenvalue weighted by molar-refractivity contribution is 5.11. The zero-order valence-electron chi connectivity index (χ0n) is 7.00. The van der Waals surface area contributed by atoms with Crippen molar-refractivity contribution in [2.45, 2.75) is 20.8 Å². The molecule has 11 heavy (non-hydrogen) atoms. The summed E-state index contributed by atoms with van der Waals surface area (Å²) in [4.78, 5) is 7.51. The van der Waals surface area contributed by atoms with E-state index < -0.39 is 0 Å². The second-order valence-corrected chi connectivity index (χ2v) is 1.63. The van der Waals surface area contributed by atoms with E-state index in [9.17, 15) is 0 Å². The highest BCUT2D eigenvalue weighted by Gasteiger charge is 1.89. The van der Waals surface area contributed by atoms with Gasteiger partial charge in [0.15, 0.2) is 0 Å². The molecule has 0 saturated carbocycles. The maximum absolute atomic E-state index is 8.29. The third-order valence-corrected chi connectivity index (χ3v) is 0.895. The summed E-state index contributed by atoms with van der Waals surface area (Å²) >= 11 is 0. The number of hydrogen-bond donors (Lipinski definition) is 0. The van der Waals surface area contributed by atoms with E-state index >= 15 is 0 Å². The van der Waals surface area contributed by atoms with Gasteiger partial charge in [0.1, 0.15) is 6.07 Å². The molecule has 0 spiro atoms. The quantitative estimate of drug-likeness (QED) is 0.564. The van der Waals surface area contributed by atoms with Gasteiger partial charge in [0.25, 0.3) is 0 Å². The van der Waals surface area contributed by atoms with Crippen LogP contribution in [-0.2, 0) is 0 Å². The minimum atomic E-state index is 0.231. The molecule has 0 atom stereocenters. The first-order chi connectivity index (χ1) is 5.33. The van der Waals surface area contributed by atoms with E-state index in [1.807, 2.05) is 26.8 Å². The van der Waals surface area contributed by atoms with E-state index in [0.717, 1.165) is 5.69 Å². The van der Waals surface area contributed by atoms with Crippen LogP contribution >= 0.6 is 0 Å². The lowest BCUT2D eigenvalue weighted by atomic mass is 10.4. The molecular formula is C8H11N3. The molecule has 1 heterocycles. The molecule has 3 nitrogen and oxygen atoms in total. The largest absolute Gasteiger partial charge is 0.232 e. The second kappa shape index (κ2) is 5.36. The van der Waals surface area contributed by atoms with Crippen molar-refractivity contribution in [1.82, 2.24) is 9.97 Å². The molecule has 58 valence electrons. The summed E-state index contributed by atoms with van der Waals surface area (Å²) in [5.74, 6) is 0.231. The van der Waals surface area contributed by atoms with Crippen LogP contribution in [0.4, 0.5) is 0 Å². The third kappa shape index (κ3) is 3.31. The second-order valence-electron chi connectivity index (χ2n) is 1.63. The molecule has 0 aliphatic rings. The van der Waals surface area contributed by atoms with Gasteiger partial charge in [0.2, 0.25) is 5.82 Å². The van der Waals surface area contributed by atoms with Crippen molar-refractivity contribution in [3.05, 3.63) is 23.8 Å². The van der Waals surface area contributed by atoms with Gasteiger partial charge >= 0.3 is 0 Å². The topological polar surface area (TPSA) is 49.6 Å². The third-order valence-electron chi connectivity index (χ3n) is 0.895. The van der Waals surface area contributed by atoms with Crippen molar-refractivity contribution in [3.63, 3.8) is 0 Å². The van der Waals surface area contributed by atoms with Crippen LogP contribution in [0.1, 0.15) is 25.4 Å². The number of aryl methyl sites for hydroxylation is 1. The molecule has 1 rings (SSSR count). The highest BCUT2D eigenvalue weighted by Crippen LogP contribution is 1.89. The zero-order valence-corrected chi connectivity index (χ0v) is 7.00. The number of nitrogens with zero attached hydrogens (tertiary/aromatic N) is 3. The van der Waals surface area contributed by atoms with E-state index in [0.29, 0.717) is 0 Å². The van der Waals surface area contributed by atoms with Crippen LogP contribution in [0.15, 0.2) is 12.3 Å². The fourth-order valence-electron chi connectivity index (χ4n) is 0.503. The van der Waals surface area contributed by atoms with E-state index in [-0.39, 0.29) is 5.82 Å². The van der Waals surface area contributed by atoms with Crippen molar-refractivity contribution < 1.29 is 0 Å². The van der Waals surface area contributed by atoms with E-state index in [2.05, 4.69) is 9.97 Å². The summed E-state index contributed by atoms with van der Waals surface area (Å²) in [5, 5.41) is 8.29. The Kier molecular flexibility index (Phi) is 4.67. The Morgan fingerprint density at radius 3 is 2.45 bits per heavy atom. The number of aromatic nitrogens is 2. The van der Waals surface area contributed by atoms with Gasteiger partial charge in [-0.15, -0.1) is 0 Å². The molecule has 0 bridgehead atoms. The fourth-order valence-corrected chi connectivity index (χ4v) is 0.503. The van der Waals surface area contributed by atoms with Gasteiger partial charge in [0, 0.05) is 11.9 Å². The van der Waals surface area contributed by atoms with E-state index in [1.54, 1.807) is 12.3 Å². The minimum absolute atomic E-state index is 0.231. The molecule has 0 saturated heterocycles. The molecule has 0 amide bonds. The standard InChI is InChI=1S/C6H5N3.C2H6/c1-5-2-3-8-6(4-7)9-5;1-2/h2-3H,1H3;1-2H3. The molecule has 0 N–H and O–H groups in total. The highest BCUT2D eigenvalue weighted by atomic mass is 14.9. The normalized spacial score (nSPS) is 7.45. The summed E-state index contributed by atoms with van der Waals surface area (Å²) in [6, 6.07) is 3.60. The minimum Gasteiger partial charge on any atom is -0.228 e. The molecule has 0 fully saturated rings. The first-order valence-electron chi connectivity index (χ1n) is 3.52.